The van der Waals surface area contributed by atoms with E-state index in [1.807, 2.05) is 0 Å². The number of carboxylic acid groups (broad SMARTS) is 1. The summed E-state index contributed by atoms with van der Waals surface area (Å²) in [6, 6.07) is 0. The molecule has 3 N–H and O–H groups in total. The van der Waals surface area contributed by atoms with Crippen LogP contribution in [0.2, 0.25) is 0 Å². The Bertz CT molecular complexity index is 203. The van der Waals surface area contributed by atoms with Crippen molar-refractivity contribution in [2.75, 3.05) is 6.54 Å². The van der Waals surface area contributed by atoms with Crippen molar-refractivity contribution in [3.05, 3.63) is 12.3 Å². The van der Waals surface area contributed by atoms with Gasteiger partial charge in [0.05, 0.1) is 6.10 Å². The molecule has 0 aromatic rings. The van der Waals surface area contributed by atoms with Crippen LogP contribution >= 0.6 is 0 Å². The SMILES string of the molecule is O=C(O)/C=C/NCC1CCC(O)C1. The van der Waals surface area contributed by atoms with Crippen LogP contribution in [0.1, 0.15) is 19.3 Å². The minimum Gasteiger partial charge on any atom is -0.478 e. The molecule has 0 spiro atoms. The third kappa shape index (κ3) is 3.94. The van der Waals surface area contributed by atoms with E-state index >= 15 is 0 Å². The lowest BCUT2D eigenvalue weighted by atomic mass is 10.1. The highest BCUT2D eigenvalue weighted by molar-refractivity contribution is 5.79. The van der Waals surface area contributed by atoms with E-state index in [1.165, 1.54) is 6.20 Å². The molecule has 0 bridgehead atoms. The molecule has 1 aliphatic carbocycles. The Morgan fingerprint density at radius 1 is 1.54 bits per heavy atom. The first-order chi connectivity index (χ1) is 6.18. The van der Waals surface area contributed by atoms with Gasteiger partial charge < -0.3 is 15.5 Å². The van der Waals surface area contributed by atoms with E-state index in [0.717, 1.165) is 31.9 Å². The van der Waals surface area contributed by atoms with Crippen LogP contribution in [0.15, 0.2) is 12.3 Å². The average Bonchev–Trinajstić information content (AvgIpc) is 2.45. The molecule has 1 saturated carbocycles. The van der Waals surface area contributed by atoms with Gasteiger partial charge in [-0.3, -0.25) is 0 Å². The van der Waals surface area contributed by atoms with Crippen molar-refractivity contribution in [1.82, 2.24) is 5.32 Å². The van der Waals surface area contributed by atoms with Gasteiger partial charge in [-0.1, -0.05) is 0 Å². The summed E-state index contributed by atoms with van der Waals surface area (Å²) in [5.74, 6) is -0.465. The summed E-state index contributed by atoms with van der Waals surface area (Å²) in [5, 5.41) is 20.4. The summed E-state index contributed by atoms with van der Waals surface area (Å²) < 4.78 is 0. The zero-order valence-electron chi connectivity index (χ0n) is 7.44. The van der Waals surface area contributed by atoms with Gasteiger partial charge in [0, 0.05) is 18.8 Å². The van der Waals surface area contributed by atoms with Crippen LogP contribution in [-0.2, 0) is 4.79 Å². The highest BCUT2D eigenvalue weighted by Gasteiger charge is 2.21. The summed E-state index contributed by atoms with van der Waals surface area (Å²) in [6.07, 6.45) is 5.08. The zero-order chi connectivity index (χ0) is 9.68. The maximum atomic E-state index is 10.1. The van der Waals surface area contributed by atoms with Crippen molar-refractivity contribution in [1.29, 1.82) is 0 Å². The molecule has 0 amide bonds. The number of aliphatic hydroxyl groups is 1. The molecule has 0 radical (unpaired) electrons. The van der Waals surface area contributed by atoms with E-state index < -0.39 is 5.97 Å². The first-order valence-electron chi connectivity index (χ1n) is 4.49. The number of rotatable bonds is 4. The summed E-state index contributed by atoms with van der Waals surface area (Å²) in [4.78, 5) is 10.1. The van der Waals surface area contributed by atoms with Crippen LogP contribution in [0, 0.1) is 5.92 Å². The molecule has 13 heavy (non-hydrogen) atoms. The Kier molecular flexibility index (Phi) is 3.76. The Morgan fingerprint density at radius 3 is 2.85 bits per heavy atom. The molecule has 4 heteroatoms. The standard InChI is InChI=1S/C9H15NO3/c11-8-2-1-7(5-8)6-10-4-3-9(12)13/h3-4,7-8,10-11H,1-2,5-6H2,(H,12,13)/b4-3+. The number of nitrogens with one attached hydrogen (secondary N) is 1. The fourth-order valence-electron chi connectivity index (χ4n) is 1.60. The van der Waals surface area contributed by atoms with Gasteiger partial charge in [-0.25, -0.2) is 4.79 Å². The predicted molar refractivity (Wildman–Crippen MR) is 48.1 cm³/mol. The minimum absolute atomic E-state index is 0.157. The molecule has 0 saturated heterocycles. The van der Waals surface area contributed by atoms with Gasteiger partial charge in [-0.15, -0.1) is 0 Å². The quantitative estimate of drug-likeness (QED) is 0.552. The lowest BCUT2D eigenvalue weighted by Gasteiger charge is -2.07. The van der Waals surface area contributed by atoms with Crippen LogP contribution in [0.25, 0.3) is 0 Å². The van der Waals surface area contributed by atoms with Gasteiger partial charge in [-0.05, 0) is 25.2 Å². The molecular formula is C9H15NO3. The van der Waals surface area contributed by atoms with Crippen molar-refractivity contribution in [2.24, 2.45) is 5.92 Å². The second-order valence-electron chi connectivity index (χ2n) is 3.41. The van der Waals surface area contributed by atoms with E-state index in [0.29, 0.717) is 5.92 Å². The molecule has 0 heterocycles. The lowest BCUT2D eigenvalue weighted by molar-refractivity contribution is -0.131. The Balaban J connectivity index is 2.09. The molecule has 1 rings (SSSR count). The Labute approximate surface area is 77.3 Å². The van der Waals surface area contributed by atoms with Crippen molar-refractivity contribution >= 4 is 5.97 Å². The molecule has 1 aliphatic rings. The Morgan fingerprint density at radius 2 is 2.31 bits per heavy atom. The largest absolute Gasteiger partial charge is 0.478 e. The molecule has 0 aromatic heterocycles. The number of hydrogen-bond donors (Lipinski definition) is 3. The smallest absolute Gasteiger partial charge is 0.329 e. The normalized spacial score (nSPS) is 28.1. The van der Waals surface area contributed by atoms with Crippen LogP contribution in [-0.4, -0.2) is 28.8 Å². The topological polar surface area (TPSA) is 69.6 Å². The monoisotopic (exact) mass is 185 g/mol. The van der Waals surface area contributed by atoms with Crippen molar-refractivity contribution in [2.45, 2.75) is 25.4 Å². The first kappa shape index (κ1) is 10.1. The molecule has 74 valence electrons. The first-order valence-corrected chi connectivity index (χ1v) is 4.49. The van der Waals surface area contributed by atoms with E-state index in [4.69, 9.17) is 5.11 Å². The maximum absolute atomic E-state index is 10.1. The second-order valence-corrected chi connectivity index (χ2v) is 3.41. The van der Waals surface area contributed by atoms with Crippen molar-refractivity contribution < 1.29 is 15.0 Å². The third-order valence-corrected chi connectivity index (χ3v) is 2.26. The molecular weight excluding hydrogens is 170 g/mol. The van der Waals surface area contributed by atoms with Gasteiger partial charge in [0.15, 0.2) is 0 Å². The number of carbonyl (C=O) groups is 1. The average molecular weight is 185 g/mol. The maximum Gasteiger partial charge on any atom is 0.329 e. The van der Waals surface area contributed by atoms with Crippen LogP contribution < -0.4 is 5.32 Å². The van der Waals surface area contributed by atoms with Crippen molar-refractivity contribution in [3.8, 4) is 0 Å². The summed E-state index contributed by atoms with van der Waals surface area (Å²) in [7, 11) is 0. The lowest BCUT2D eigenvalue weighted by Crippen LogP contribution is -2.16. The van der Waals surface area contributed by atoms with E-state index in [9.17, 15) is 9.90 Å². The molecule has 4 nitrogen and oxygen atoms in total. The van der Waals surface area contributed by atoms with Gasteiger partial charge in [0.25, 0.3) is 0 Å². The zero-order valence-corrected chi connectivity index (χ0v) is 7.44. The van der Waals surface area contributed by atoms with Crippen LogP contribution in [0.3, 0.4) is 0 Å². The van der Waals surface area contributed by atoms with E-state index in [1.54, 1.807) is 0 Å². The van der Waals surface area contributed by atoms with Gasteiger partial charge >= 0.3 is 5.97 Å². The van der Waals surface area contributed by atoms with Gasteiger partial charge in [-0.2, -0.15) is 0 Å². The second kappa shape index (κ2) is 4.87. The Hall–Kier alpha value is -1.03. The highest BCUT2D eigenvalue weighted by Crippen LogP contribution is 2.24. The van der Waals surface area contributed by atoms with Crippen molar-refractivity contribution in [3.63, 3.8) is 0 Å². The molecule has 1 fully saturated rings. The van der Waals surface area contributed by atoms with Gasteiger partial charge in [0.1, 0.15) is 0 Å². The van der Waals surface area contributed by atoms with Gasteiger partial charge in [0.2, 0.25) is 0 Å². The van der Waals surface area contributed by atoms with E-state index in [2.05, 4.69) is 5.32 Å². The number of carboxylic acids is 1. The summed E-state index contributed by atoms with van der Waals surface area (Å²) >= 11 is 0. The molecule has 2 atom stereocenters. The fraction of sp³-hybridized carbons (Fsp3) is 0.667. The number of hydrogen-bond acceptors (Lipinski definition) is 3. The number of aliphatic hydroxyl groups excluding tert-OH is 1. The molecule has 0 aliphatic heterocycles. The van der Waals surface area contributed by atoms with Crippen LogP contribution in [0.4, 0.5) is 0 Å². The minimum atomic E-state index is -0.945. The van der Waals surface area contributed by atoms with Crippen LogP contribution in [0.5, 0.6) is 0 Å². The fourth-order valence-corrected chi connectivity index (χ4v) is 1.60. The summed E-state index contributed by atoms with van der Waals surface area (Å²) in [6.45, 7) is 0.751. The predicted octanol–water partition coefficient (Wildman–Crippen LogP) is 0.335. The summed E-state index contributed by atoms with van der Waals surface area (Å²) in [5.41, 5.74) is 0. The highest BCUT2D eigenvalue weighted by atomic mass is 16.4. The van der Waals surface area contributed by atoms with E-state index in [-0.39, 0.29) is 6.10 Å². The number of aliphatic carboxylic acids is 1. The third-order valence-electron chi connectivity index (χ3n) is 2.26. The molecule has 2 unspecified atom stereocenters. The molecule has 0 aromatic carbocycles.